The average Bonchev–Trinajstić information content (AvgIpc) is 2.85. The molecular weight excluding hydrogens is 365 g/mol. The fourth-order valence-corrected chi connectivity index (χ4v) is 3.63. The molecule has 0 radical (unpaired) electrons. The van der Waals surface area contributed by atoms with E-state index in [0.717, 1.165) is 25.0 Å². The molecule has 2 fully saturated rings. The quantitative estimate of drug-likeness (QED) is 0.792. The van der Waals surface area contributed by atoms with Gasteiger partial charge < -0.3 is 10.1 Å². The van der Waals surface area contributed by atoms with Crippen molar-refractivity contribution < 1.29 is 32.3 Å². The van der Waals surface area contributed by atoms with Crippen molar-refractivity contribution in [3.63, 3.8) is 0 Å². The van der Waals surface area contributed by atoms with Crippen LogP contribution in [-0.2, 0) is 14.4 Å². The number of alkyl halides is 3. The van der Waals surface area contributed by atoms with E-state index >= 15 is 0 Å². The number of ether oxygens (including phenoxy) is 1. The summed E-state index contributed by atoms with van der Waals surface area (Å²) in [6.45, 7) is 0.00572. The molecule has 2 aliphatic rings. The zero-order valence-electron chi connectivity index (χ0n) is 14.4. The Kier molecular flexibility index (Phi) is 5.38. The predicted molar refractivity (Wildman–Crippen MR) is 88.5 cm³/mol. The molecule has 1 aliphatic carbocycles. The van der Waals surface area contributed by atoms with Gasteiger partial charge in [0.05, 0.1) is 11.8 Å². The number of nitrogens with zero attached hydrogens (tertiary/aromatic N) is 1. The zero-order chi connectivity index (χ0) is 19.6. The molecule has 3 rings (SSSR count). The molecule has 6 nitrogen and oxygen atoms in total. The molecule has 1 aliphatic heterocycles. The Morgan fingerprint density at radius 2 is 1.63 bits per heavy atom. The van der Waals surface area contributed by atoms with Crippen LogP contribution in [-0.4, -0.2) is 35.5 Å². The smallest absolute Gasteiger partial charge is 0.406 e. The van der Waals surface area contributed by atoms with E-state index in [1.807, 2.05) is 0 Å². The van der Waals surface area contributed by atoms with Gasteiger partial charge in [-0.05, 0) is 37.1 Å². The van der Waals surface area contributed by atoms with Gasteiger partial charge in [0.2, 0.25) is 17.7 Å². The number of fused-ring (bicyclic) bond motifs is 1. The summed E-state index contributed by atoms with van der Waals surface area (Å²) in [5, 5.41) is 2.52. The van der Waals surface area contributed by atoms with Gasteiger partial charge >= 0.3 is 6.36 Å². The first-order valence-corrected chi connectivity index (χ1v) is 8.75. The van der Waals surface area contributed by atoms with Gasteiger partial charge in [0.1, 0.15) is 5.75 Å². The fraction of sp³-hybridized carbons (Fsp3) is 0.500. The topological polar surface area (TPSA) is 75.7 Å². The Balaban J connectivity index is 1.51. The first-order chi connectivity index (χ1) is 12.7. The van der Waals surface area contributed by atoms with Gasteiger partial charge in [-0.2, -0.15) is 0 Å². The van der Waals surface area contributed by atoms with E-state index in [-0.39, 0.29) is 36.6 Å². The fourth-order valence-electron chi connectivity index (χ4n) is 3.63. The van der Waals surface area contributed by atoms with Gasteiger partial charge in [0.25, 0.3) is 0 Å². The molecule has 1 aromatic carbocycles. The molecule has 1 saturated heterocycles. The first kappa shape index (κ1) is 19.2. The third kappa shape index (κ3) is 4.58. The Morgan fingerprint density at radius 3 is 2.15 bits per heavy atom. The highest BCUT2D eigenvalue weighted by Gasteiger charge is 2.47. The Bertz CT molecular complexity index is 709. The van der Waals surface area contributed by atoms with Gasteiger partial charge in [-0.1, -0.05) is 12.8 Å². The van der Waals surface area contributed by atoms with Crippen molar-refractivity contribution in [2.75, 3.05) is 11.9 Å². The molecule has 0 bridgehead atoms. The minimum atomic E-state index is -4.78. The molecule has 0 aromatic heterocycles. The predicted octanol–water partition coefficient (Wildman–Crippen LogP) is 3.09. The summed E-state index contributed by atoms with van der Waals surface area (Å²) in [6, 6.07) is 4.72. The van der Waals surface area contributed by atoms with Gasteiger partial charge in [0, 0.05) is 18.7 Å². The van der Waals surface area contributed by atoms with Gasteiger partial charge in [-0.25, -0.2) is 0 Å². The highest BCUT2D eigenvalue weighted by molar-refractivity contribution is 6.05. The number of anilines is 1. The average molecular weight is 384 g/mol. The van der Waals surface area contributed by atoms with Crippen LogP contribution in [0.25, 0.3) is 0 Å². The number of imide groups is 1. The Morgan fingerprint density at radius 1 is 1.07 bits per heavy atom. The van der Waals surface area contributed by atoms with Crippen LogP contribution in [0, 0.1) is 11.8 Å². The molecule has 2 unspecified atom stereocenters. The lowest BCUT2D eigenvalue weighted by Gasteiger charge is -2.19. The maximum Gasteiger partial charge on any atom is 0.573 e. The Labute approximate surface area is 153 Å². The van der Waals surface area contributed by atoms with E-state index in [4.69, 9.17) is 0 Å². The van der Waals surface area contributed by atoms with E-state index in [2.05, 4.69) is 10.1 Å². The molecule has 27 heavy (non-hydrogen) atoms. The lowest BCUT2D eigenvalue weighted by atomic mass is 9.81. The Hall–Kier alpha value is -2.58. The second kappa shape index (κ2) is 7.58. The second-order valence-electron chi connectivity index (χ2n) is 6.70. The van der Waals surface area contributed by atoms with Crippen LogP contribution >= 0.6 is 0 Å². The molecular formula is C18H19F3N2O4. The van der Waals surface area contributed by atoms with E-state index in [0.29, 0.717) is 18.5 Å². The van der Waals surface area contributed by atoms with Crippen molar-refractivity contribution in [1.29, 1.82) is 0 Å². The monoisotopic (exact) mass is 384 g/mol. The minimum absolute atomic E-state index is 0.00572. The van der Waals surface area contributed by atoms with Crippen molar-refractivity contribution in [1.82, 2.24) is 4.90 Å². The summed E-state index contributed by atoms with van der Waals surface area (Å²) in [5.41, 5.74) is 0.294. The second-order valence-corrected chi connectivity index (χ2v) is 6.70. The molecule has 0 spiro atoms. The van der Waals surface area contributed by atoms with Gasteiger partial charge in [-0.15, -0.1) is 13.2 Å². The standard InChI is InChI=1S/C18H19F3N2O4/c19-18(20,21)27-12-7-5-11(6-8-12)22-15(24)9-10-23-16(25)13-3-1-2-4-14(13)17(23)26/h5-8,13-14H,1-4,9-10H2,(H,22,24). The van der Waals surface area contributed by atoms with Crippen LogP contribution in [0.1, 0.15) is 32.1 Å². The van der Waals surface area contributed by atoms with Crippen LogP contribution in [0.3, 0.4) is 0 Å². The molecule has 3 amide bonds. The van der Waals surface area contributed by atoms with Crippen LogP contribution in [0.15, 0.2) is 24.3 Å². The van der Waals surface area contributed by atoms with Crippen LogP contribution < -0.4 is 10.1 Å². The lowest BCUT2D eigenvalue weighted by Crippen LogP contribution is -2.34. The summed E-state index contributed by atoms with van der Waals surface area (Å²) < 4.78 is 40.1. The number of nitrogens with one attached hydrogen (secondary N) is 1. The molecule has 1 N–H and O–H groups in total. The summed E-state index contributed by atoms with van der Waals surface area (Å²) in [5.74, 6) is -1.74. The highest BCUT2D eigenvalue weighted by Crippen LogP contribution is 2.38. The zero-order valence-corrected chi connectivity index (χ0v) is 14.4. The first-order valence-electron chi connectivity index (χ1n) is 8.75. The third-order valence-corrected chi connectivity index (χ3v) is 4.87. The number of likely N-dealkylation sites (tertiary alicyclic amines) is 1. The summed E-state index contributed by atoms with van der Waals surface area (Å²) in [7, 11) is 0. The number of carbonyl (C=O) groups excluding carboxylic acids is 3. The molecule has 1 aromatic rings. The molecule has 146 valence electrons. The van der Waals surface area contributed by atoms with Crippen LogP contribution in [0.5, 0.6) is 5.75 Å². The summed E-state index contributed by atoms with van der Waals surface area (Å²) >= 11 is 0. The van der Waals surface area contributed by atoms with Gasteiger partial charge in [-0.3, -0.25) is 19.3 Å². The van der Waals surface area contributed by atoms with Crippen molar-refractivity contribution in [3.8, 4) is 5.75 Å². The number of hydrogen-bond donors (Lipinski definition) is 1. The number of amides is 3. The maximum atomic E-state index is 12.3. The number of halogens is 3. The summed E-state index contributed by atoms with van der Waals surface area (Å²) in [4.78, 5) is 37.9. The van der Waals surface area contributed by atoms with Crippen molar-refractivity contribution in [2.24, 2.45) is 11.8 Å². The van der Waals surface area contributed by atoms with Crippen molar-refractivity contribution in [3.05, 3.63) is 24.3 Å². The van der Waals surface area contributed by atoms with Crippen molar-refractivity contribution >= 4 is 23.4 Å². The highest BCUT2D eigenvalue weighted by atomic mass is 19.4. The normalized spacial score (nSPS) is 22.6. The number of hydrogen-bond acceptors (Lipinski definition) is 4. The van der Waals surface area contributed by atoms with Crippen LogP contribution in [0.2, 0.25) is 0 Å². The van der Waals surface area contributed by atoms with Crippen LogP contribution in [0.4, 0.5) is 18.9 Å². The lowest BCUT2D eigenvalue weighted by molar-refractivity contribution is -0.274. The van der Waals surface area contributed by atoms with Gasteiger partial charge in [0.15, 0.2) is 0 Å². The maximum absolute atomic E-state index is 12.3. The molecule has 1 heterocycles. The van der Waals surface area contributed by atoms with E-state index < -0.39 is 18.0 Å². The van der Waals surface area contributed by atoms with E-state index in [1.165, 1.54) is 17.0 Å². The third-order valence-electron chi connectivity index (χ3n) is 4.87. The summed E-state index contributed by atoms with van der Waals surface area (Å²) in [6.07, 6.45) is -1.56. The van der Waals surface area contributed by atoms with E-state index in [9.17, 15) is 27.6 Å². The number of benzene rings is 1. The molecule has 9 heteroatoms. The minimum Gasteiger partial charge on any atom is -0.406 e. The largest absolute Gasteiger partial charge is 0.573 e. The number of carbonyl (C=O) groups is 3. The van der Waals surface area contributed by atoms with Crippen molar-refractivity contribution in [2.45, 2.75) is 38.5 Å². The number of rotatable bonds is 5. The molecule has 2 atom stereocenters. The SMILES string of the molecule is O=C(CCN1C(=O)C2CCCCC2C1=O)Nc1ccc(OC(F)(F)F)cc1. The molecule has 1 saturated carbocycles. The van der Waals surface area contributed by atoms with E-state index in [1.54, 1.807) is 0 Å².